The summed E-state index contributed by atoms with van der Waals surface area (Å²) >= 11 is 0. The molecule has 0 unspecified atom stereocenters. The van der Waals surface area contributed by atoms with E-state index < -0.39 is 0 Å². The average molecular weight is 419 g/mol. The highest BCUT2D eigenvalue weighted by Gasteiger charge is 2.36. The fourth-order valence-electron chi connectivity index (χ4n) is 4.58. The zero-order chi connectivity index (χ0) is 21.7. The van der Waals surface area contributed by atoms with Gasteiger partial charge in [-0.1, -0.05) is 12.1 Å². The van der Waals surface area contributed by atoms with E-state index in [4.69, 9.17) is 0 Å². The highest BCUT2D eigenvalue weighted by molar-refractivity contribution is 6.15. The summed E-state index contributed by atoms with van der Waals surface area (Å²) in [6.45, 7) is 1.64. The van der Waals surface area contributed by atoms with E-state index in [1.165, 1.54) is 17.0 Å². The summed E-state index contributed by atoms with van der Waals surface area (Å²) < 4.78 is 13.2. The van der Waals surface area contributed by atoms with Gasteiger partial charge in [-0.2, -0.15) is 0 Å². The van der Waals surface area contributed by atoms with E-state index in [-0.39, 0.29) is 41.0 Å². The molecule has 31 heavy (non-hydrogen) atoms. The van der Waals surface area contributed by atoms with E-state index in [0.29, 0.717) is 36.0 Å². The Bertz CT molecular complexity index is 1220. The topological polar surface area (TPSA) is 73.7 Å². The average Bonchev–Trinajstić information content (AvgIpc) is 3.39. The summed E-state index contributed by atoms with van der Waals surface area (Å²) in [5.41, 5.74) is 3.21. The first kappa shape index (κ1) is 19.5. The molecule has 5 rings (SSSR count). The molecular weight excluding hydrogens is 397 g/mol. The van der Waals surface area contributed by atoms with Crippen molar-refractivity contribution in [1.82, 2.24) is 14.8 Å². The van der Waals surface area contributed by atoms with Crippen LogP contribution in [0.25, 0.3) is 10.9 Å². The van der Waals surface area contributed by atoms with Crippen LogP contribution in [0.15, 0.2) is 36.5 Å². The fraction of sp³-hybridized carbons (Fsp3) is 0.292. The van der Waals surface area contributed by atoms with E-state index in [0.717, 1.165) is 24.0 Å². The highest BCUT2D eigenvalue weighted by atomic mass is 19.1. The van der Waals surface area contributed by atoms with Crippen LogP contribution in [0.3, 0.4) is 0 Å². The van der Waals surface area contributed by atoms with E-state index in [9.17, 15) is 19.1 Å². The molecule has 7 heteroatoms. The van der Waals surface area contributed by atoms with Crippen LogP contribution in [0.2, 0.25) is 0 Å². The van der Waals surface area contributed by atoms with Gasteiger partial charge in [0.1, 0.15) is 11.3 Å². The van der Waals surface area contributed by atoms with Gasteiger partial charge in [0.2, 0.25) is 0 Å². The lowest BCUT2D eigenvalue weighted by Crippen LogP contribution is -2.29. The Balaban J connectivity index is 1.69. The normalized spacial score (nSPS) is 15.7. The summed E-state index contributed by atoms with van der Waals surface area (Å²) in [5, 5.41) is 11.4. The van der Waals surface area contributed by atoms with Crippen molar-refractivity contribution in [2.75, 3.05) is 20.1 Å². The molecule has 0 radical (unpaired) electrons. The second-order valence-electron chi connectivity index (χ2n) is 8.28. The first-order valence-electron chi connectivity index (χ1n) is 10.4. The summed E-state index contributed by atoms with van der Waals surface area (Å²) in [5.74, 6) is -0.900. The lowest BCUT2D eigenvalue weighted by molar-refractivity contribution is 0.0787. The number of hydrogen-bond donors (Lipinski definition) is 1. The van der Waals surface area contributed by atoms with Crippen molar-refractivity contribution >= 4 is 22.7 Å². The van der Waals surface area contributed by atoms with Crippen LogP contribution >= 0.6 is 0 Å². The fourth-order valence-corrected chi connectivity index (χ4v) is 4.58. The van der Waals surface area contributed by atoms with Crippen molar-refractivity contribution in [3.05, 3.63) is 70.2 Å². The van der Waals surface area contributed by atoms with Crippen molar-refractivity contribution in [3.8, 4) is 5.75 Å². The number of phenols is 1. The van der Waals surface area contributed by atoms with Gasteiger partial charge in [0.25, 0.3) is 11.8 Å². The number of fused-ring (bicyclic) bond motifs is 2. The van der Waals surface area contributed by atoms with Crippen LogP contribution < -0.4 is 0 Å². The minimum atomic E-state index is -0.304. The molecule has 0 spiro atoms. The molecular formula is C24H22FN3O3. The zero-order valence-electron chi connectivity index (χ0n) is 17.2. The molecule has 0 bridgehead atoms. The molecule has 1 aromatic heterocycles. The summed E-state index contributed by atoms with van der Waals surface area (Å²) in [6, 6.07) is 8.10. The Morgan fingerprint density at radius 2 is 1.87 bits per heavy atom. The van der Waals surface area contributed by atoms with E-state index in [1.807, 2.05) is 11.0 Å². The molecule has 0 saturated carbocycles. The predicted octanol–water partition coefficient (Wildman–Crippen LogP) is 3.49. The van der Waals surface area contributed by atoms with Crippen molar-refractivity contribution in [3.63, 3.8) is 0 Å². The van der Waals surface area contributed by atoms with Gasteiger partial charge in [-0.05, 0) is 48.6 Å². The number of aromatic hydroxyl groups is 1. The third-order valence-electron chi connectivity index (χ3n) is 6.16. The molecule has 1 saturated heterocycles. The van der Waals surface area contributed by atoms with Crippen molar-refractivity contribution in [2.24, 2.45) is 0 Å². The van der Waals surface area contributed by atoms with Crippen LogP contribution in [-0.4, -0.2) is 51.8 Å². The lowest BCUT2D eigenvalue weighted by atomic mass is 9.94. The van der Waals surface area contributed by atoms with Crippen LogP contribution in [-0.2, 0) is 13.0 Å². The number of aromatic nitrogens is 1. The third-order valence-corrected chi connectivity index (χ3v) is 6.16. The van der Waals surface area contributed by atoms with Gasteiger partial charge < -0.3 is 14.9 Å². The molecule has 0 atom stereocenters. The number of amides is 2. The number of carbonyl (C=O) groups excluding carboxylic acids is 2. The second kappa shape index (κ2) is 7.34. The van der Waals surface area contributed by atoms with E-state index >= 15 is 0 Å². The van der Waals surface area contributed by atoms with Gasteiger partial charge in [-0.25, -0.2) is 4.39 Å². The SMILES string of the molecule is CN1Cc2c(c(O)c3ncc(Cc4ccc(F)cc4)cc3c2C(=O)N2CCCC2)C1=O. The maximum absolute atomic E-state index is 13.5. The van der Waals surface area contributed by atoms with Crippen LogP contribution in [0.5, 0.6) is 5.75 Å². The Hall–Kier alpha value is -3.48. The Morgan fingerprint density at radius 3 is 2.58 bits per heavy atom. The molecule has 3 heterocycles. The molecule has 1 fully saturated rings. The first-order valence-corrected chi connectivity index (χ1v) is 10.4. The summed E-state index contributed by atoms with van der Waals surface area (Å²) in [4.78, 5) is 33.9. The minimum Gasteiger partial charge on any atom is -0.505 e. The van der Waals surface area contributed by atoms with Gasteiger partial charge >= 0.3 is 0 Å². The Morgan fingerprint density at radius 1 is 1.16 bits per heavy atom. The summed E-state index contributed by atoms with van der Waals surface area (Å²) in [7, 11) is 1.66. The smallest absolute Gasteiger partial charge is 0.258 e. The number of carbonyl (C=O) groups is 2. The number of pyridine rings is 1. The van der Waals surface area contributed by atoms with Crippen molar-refractivity contribution in [1.29, 1.82) is 0 Å². The number of hydrogen-bond acceptors (Lipinski definition) is 4. The number of rotatable bonds is 3. The van der Waals surface area contributed by atoms with Gasteiger partial charge in [0.05, 0.1) is 11.1 Å². The maximum atomic E-state index is 13.5. The highest BCUT2D eigenvalue weighted by Crippen LogP contribution is 2.40. The van der Waals surface area contributed by atoms with Gasteiger partial charge in [0, 0.05) is 43.8 Å². The van der Waals surface area contributed by atoms with E-state index in [1.54, 1.807) is 25.4 Å². The number of nitrogens with zero attached hydrogens (tertiary/aromatic N) is 3. The molecule has 6 nitrogen and oxygen atoms in total. The zero-order valence-corrected chi connectivity index (χ0v) is 17.2. The Kier molecular flexibility index (Phi) is 4.61. The third kappa shape index (κ3) is 3.21. The standard InChI is InChI=1S/C24H22FN3O3/c1-27-13-18-19(24(31)28-8-2-3-9-28)17-11-15(10-14-4-6-16(25)7-5-14)12-26-21(17)22(29)20(18)23(27)30/h4-7,11-12,29H,2-3,8-10,13H2,1H3. The van der Waals surface area contributed by atoms with Crippen LogP contribution in [0.1, 0.15) is 50.2 Å². The van der Waals surface area contributed by atoms with Crippen LogP contribution in [0.4, 0.5) is 4.39 Å². The number of phenolic OH excluding ortho intramolecular Hbond substituents is 1. The molecule has 2 amide bonds. The molecule has 0 aliphatic carbocycles. The molecule has 3 aromatic rings. The van der Waals surface area contributed by atoms with Gasteiger partial charge in [-0.3, -0.25) is 14.6 Å². The largest absolute Gasteiger partial charge is 0.505 e. The number of benzene rings is 2. The van der Waals surface area contributed by atoms with Crippen molar-refractivity contribution in [2.45, 2.75) is 25.8 Å². The second-order valence-corrected chi connectivity index (χ2v) is 8.28. The minimum absolute atomic E-state index is 0.123. The molecule has 1 N–H and O–H groups in total. The molecule has 2 aliphatic rings. The monoisotopic (exact) mass is 419 g/mol. The van der Waals surface area contributed by atoms with Gasteiger partial charge in [0.15, 0.2) is 5.75 Å². The number of halogens is 1. The first-order chi connectivity index (χ1) is 14.9. The predicted molar refractivity (Wildman–Crippen MR) is 114 cm³/mol. The Labute approximate surface area is 178 Å². The molecule has 158 valence electrons. The van der Waals surface area contributed by atoms with E-state index in [2.05, 4.69) is 4.98 Å². The maximum Gasteiger partial charge on any atom is 0.258 e. The summed E-state index contributed by atoms with van der Waals surface area (Å²) in [6.07, 6.45) is 4.05. The molecule has 2 aromatic carbocycles. The van der Waals surface area contributed by atoms with Crippen LogP contribution in [0, 0.1) is 5.82 Å². The quantitative estimate of drug-likeness (QED) is 0.705. The van der Waals surface area contributed by atoms with Crippen molar-refractivity contribution < 1.29 is 19.1 Å². The molecule has 2 aliphatic heterocycles. The van der Waals surface area contributed by atoms with Gasteiger partial charge in [-0.15, -0.1) is 0 Å². The number of likely N-dealkylation sites (tertiary alicyclic amines) is 1. The lowest BCUT2D eigenvalue weighted by Gasteiger charge is -2.20.